The van der Waals surface area contributed by atoms with Crippen LogP contribution in [-0.4, -0.2) is 30.7 Å². The standard InChI is InChI=1S/C18H14F2N6O2S/c1-9-8-29-17(23-9)15-22-6-13(10(2)24-15)28-18(27)25-26-7-12(14(19)20)11-4-3-5-21-16(11)26/h3-8,14H,1-2H3,(H,25,27). The zero-order valence-corrected chi connectivity index (χ0v) is 16.1. The molecule has 0 aliphatic rings. The van der Waals surface area contributed by atoms with E-state index in [1.165, 1.54) is 29.8 Å². The second kappa shape index (κ2) is 7.51. The Bertz CT molecular complexity index is 1210. The van der Waals surface area contributed by atoms with Crippen LogP contribution >= 0.6 is 11.3 Å². The average Bonchev–Trinajstić information content (AvgIpc) is 3.28. The van der Waals surface area contributed by atoms with Crippen LogP contribution in [0.15, 0.2) is 36.1 Å². The van der Waals surface area contributed by atoms with Crippen molar-refractivity contribution in [2.45, 2.75) is 20.3 Å². The number of halogens is 2. The van der Waals surface area contributed by atoms with Gasteiger partial charge < -0.3 is 4.74 Å². The molecule has 4 aromatic heterocycles. The Kier molecular flexibility index (Phi) is 4.89. The van der Waals surface area contributed by atoms with Crippen LogP contribution in [0.3, 0.4) is 0 Å². The van der Waals surface area contributed by atoms with Gasteiger partial charge in [0.05, 0.1) is 11.9 Å². The van der Waals surface area contributed by atoms with Gasteiger partial charge >= 0.3 is 6.09 Å². The van der Waals surface area contributed by atoms with Gasteiger partial charge in [0, 0.05) is 34.4 Å². The van der Waals surface area contributed by atoms with E-state index in [2.05, 4.69) is 25.4 Å². The van der Waals surface area contributed by atoms with Gasteiger partial charge in [-0.2, -0.15) is 0 Å². The van der Waals surface area contributed by atoms with Gasteiger partial charge in [-0.25, -0.2) is 43.6 Å². The molecule has 4 rings (SSSR count). The number of nitrogens with zero attached hydrogens (tertiary/aromatic N) is 5. The number of carbonyl (C=O) groups excluding carboxylic acids is 1. The lowest BCUT2D eigenvalue weighted by molar-refractivity contribution is 0.153. The molecule has 4 heterocycles. The van der Waals surface area contributed by atoms with Gasteiger partial charge in [-0.15, -0.1) is 11.3 Å². The number of pyridine rings is 1. The normalized spacial score (nSPS) is 11.2. The third-order valence-corrected chi connectivity index (χ3v) is 4.94. The van der Waals surface area contributed by atoms with Gasteiger partial charge in [-0.1, -0.05) is 0 Å². The summed E-state index contributed by atoms with van der Waals surface area (Å²) < 4.78 is 32.8. The topological polar surface area (TPSA) is 94.8 Å². The molecule has 0 aromatic carbocycles. The Hall–Kier alpha value is -3.47. The molecule has 1 N–H and O–H groups in total. The van der Waals surface area contributed by atoms with Crippen LogP contribution in [0.4, 0.5) is 13.6 Å². The average molecular weight is 416 g/mol. The van der Waals surface area contributed by atoms with E-state index in [1.807, 2.05) is 12.3 Å². The van der Waals surface area contributed by atoms with Crippen LogP contribution in [0.2, 0.25) is 0 Å². The molecule has 11 heteroatoms. The number of alkyl halides is 2. The Balaban J connectivity index is 1.54. The lowest BCUT2D eigenvalue weighted by Crippen LogP contribution is -2.26. The minimum atomic E-state index is -2.71. The van der Waals surface area contributed by atoms with Crippen LogP contribution in [0.25, 0.3) is 21.9 Å². The predicted octanol–water partition coefficient (Wildman–Crippen LogP) is 4.25. The molecule has 0 radical (unpaired) electrons. The van der Waals surface area contributed by atoms with E-state index in [0.29, 0.717) is 16.5 Å². The fourth-order valence-electron chi connectivity index (χ4n) is 2.68. The molecular weight excluding hydrogens is 402 g/mol. The second-order valence-electron chi connectivity index (χ2n) is 6.07. The number of aryl methyl sites for hydroxylation is 2. The summed E-state index contributed by atoms with van der Waals surface area (Å²) in [6.07, 6.45) is 0.320. The molecule has 0 aliphatic heterocycles. The first-order valence-electron chi connectivity index (χ1n) is 8.41. The quantitative estimate of drug-likeness (QED) is 0.535. The van der Waals surface area contributed by atoms with Crippen LogP contribution in [0.1, 0.15) is 23.4 Å². The second-order valence-corrected chi connectivity index (χ2v) is 6.93. The van der Waals surface area contributed by atoms with Crippen molar-refractivity contribution in [1.29, 1.82) is 0 Å². The summed E-state index contributed by atoms with van der Waals surface area (Å²) in [6, 6.07) is 3.05. The molecule has 8 nitrogen and oxygen atoms in total. The van der Waals surface area contributed by atoms with Crippen molar-refractivity contribution in [3.8, 4) is 16.6 Å². The van der Waals surface area contributed by atoms with E-state index in [0.717, 1.165) is 16.6 Å². The third kappa shape index (κ3) is 3.76. The minimum Gasteiger partial charge on any atom is -0.406 e. The summed E-state index contributed by atoms with van der Waals surface area (Å²) in [5.41, 5.74) is 3.62. The van der Waals surface area contributed by atoms with Crippen LogP contribution in [-0.2, 0) is 0 Å². The number of carbonyl (C=O) groups is 1. The summed E-state index contributed by atoms with van der Waals surface area (Å²) in [6.45, 7) is 3.53. The first kappa shape index (κ1) is 18.9. The number of rotatable bonds is 4. The highest BCUT2D eigenvalue weighted by Gasteiger charge is 2.19. The molecule has 1 amide bonds. The van der Waals surface area contributed by atoms with Crippen molar-refractivity contribution >= 4 is 28.5 Å². The molecule has 0 aliphatic carbocycles. The van der Waals surface area contributed by atoms with E-state index in [9.17, 15) is 13.6 Å². The van der Waals surface area contributed by atoms with Crippen LogP contribution < -0.4 is 10.2 Å². The lowest BCUT2D eigenvalue weighted by atomic mass is 10.2. The maximum atomic E-state index is 13.2. The van der Waals surface area contributed by atoms with Gasteiger partial charge in [0.2, 0.25) is 0 Å². The Morgan fingerprint density at radius 3 is 2.79 bits per heavy atom. The largest absolute Gasteiger partial charge is 0.432 e. The van der Waals surface area contributed by atoms with E-state index < -0.39 is 12.5 Å². The number of hydrogen-bond donors (Lipinski definition) is 1. The molecule has 0 spiro atoms. The molecule has 0 bridgehead atoms. The molecule has 0 fully saturated rings. The minimum absolute atomic E-state index is 0.137. The van der Waals surface area contributed by atoms with Gasteiger partial charge in [0.1, 0.15) is 0 Å². The monoisotopic (exact) mass is 416 g/mol. The summed E-state index contributed by atoms with van der Waals surface area (Å²) in [5.74, 6) is 0.563. The van der Waals surface area contributed by atoms with E-state index in [1.54, 1.807) is 13.0 Å². The van der Waals surface area contributed by atoms with Crippen molar-refractivity contribution in [3.05, 3.63) is 53.1 Å². The van der Waals surface area contributed by atoms with E-state index >= 15 is 0 Å². The maximum Gasteiger partial charge on any atom is 0.432 e. The molecule has 0 unspecified atom stereocenters. The van der Waals surface area contributed by atoms with Crippen molar-refractivity contribution in [2.75, 3.05) is 5.43 Å². The molecule has 0 saturated carbocycles. The number of thiazole rings is 1. The van der Waals surface area contributed by atoms with Gasteiger partial charge in [0.25, 0.3) is 6.43 Å². The number of ether oxygens (including phenoxy) is 1. The van der Waals surface area contributed by atoms with Crippen molar-refractivity contribution in [2.24, 2.45) is 0 Å². The first-order chi connectivity index (χ1) is 13.9. The summed E-state index contributed by atoms with van der Waals surface area (Å²) in [7, 11) is 0. The van der Waals surface area contributed by atoms with Crippen molar-refractivity contribution in [1.82, 2.24) is 24.6 Å². The molecule has 0 saturated heterocycles. The zero-order valence-electron chi connectivity index (χ0n) is 15.3. The van der Waals surface area contributed by atoms with Gasteiger partial charge in [-0.05, 0) is 26.0 Å². The third-order valence-electron chi connectivity index (χ3n) is 3.99. The SMILES string of the molecule is Cc1csc(-c2ncc(OC(=O)Nn3cc(C(F)F)c4cccnc43)c(C)n2)n1. The van der Waals surface area contributed by atoms with E-state index in [4.69, 9.17) is 4.74 Å². The Morgan fingerprint density at radius 2 is 2.10 bits per heavy atom. The Morgan fingerprint density at radius 1 is 1.28 bits per heavy atom. The molecule has 0 atom stereocenters. The van der Waals surface area contributed by atoms with Gasteiger partial charge in [-0.3, -0.25) is 0 Å². The number of fused-ring (bicyclic) bond motifs is 1. The fourth-order valence-corrected chi connectivity index (χ4v) is 3.42. The first-order valence-corrected chi connectivity index (χ1v) is 9.29. The van der Waals surface area contributed by atoms with Crippen molar-refractivity contribution < 1.29 is 18.3 Å². The predicted molar refractivity (Wildman–Crippen MR) is 103 cm³/mol. The molecule has 4 aromatic rings. The Labute approximate surface area is 167 Å². The van der Waals surface area contributed by atoms with Crippen molar-refractivity contribution in [3.63, 3.8) is 0 Å². The highest BCUT2D eigenvalue weighted by molar-refractivity contribution is 7.13. The number of aromatic nitrogens is 5. The summed E-state index contributed by atoms with van der Waals surface area (Å²) in [5, 5.41) is 2.78. The van der Waals surface area contributed by atoms with Crippen LogP contribution in [0.5, 0.6) is 5.75 Å². The molecular formula is C18H14F2N6O2S. The number of nitrogens with one attached hydrogen (secondary N) is 1. The number of hydrogen-bond acceptors (Lipinski definition) is 7. The molecule has 148 valence electrons. The fraction of sp³-hybridized carbons (Fsp3) is 0.167. The maximum absolute atomic E-state index is 13.2. The van der Waals surface area contributed by atoms with Crippen LogP contribution in [0, 0.1) is 13.8 Å². The summed E-state index contributed by atoms with van der Waals surface area (Å²) >= 11 is 1.41. The highest BCUT2D eigenvalue weighted by atomic mass is 32.1. The van der Waals surface area contributed by atoms with E-state index in [-0.39, 0.29) is 22.3 Å². The highest BCUT2D eigenvalue weighted by Crippen LogP contribution is 2.28. The smallest absolute Gasteiger partial charge is 0.406 e. The summed E-state index contributed by atoms with van der Waals surface area (Å²) in [4.78, 5) is 29.1. The zero-order chi connectivity index (χ0) is 20.5. The lowest BCUT2D eigenvalue weighted by Gasteiger charge is -2.09. The molecule has 29 heavy (non-hydrogen) atoms. The number of amides is 1. The van der Waals surface area contributed by atoms with Gasteiger partial charge in [0.15, 0.2) is 22.2 Å².